The second-order valence-electron chi connectivity index (χ2n) is 9.79. The lowest BCUT2D eigenvalue weighted by molar-refractivity contribution is 0.122. The van der Waals surface area contributed by atoms with E-state index in [1.54, 1.807) is 36.7 Å². The average molecular weight is 566 g/mol. The molecule has 0 atom stereocenters. The van der Waals surface area contributed by atoms with E-state index < -0.39 is 10.0 Å². The lowest BCUT2D eigenvalue weighted by atomic mass is 10.0. The lowest BCUT2D eigenvalue weighted by Crippen LogP contribution is -2.36. The zero-order valence-electron chi connectivity index (χ0n) is 21.1. The van der Waals surface area contributed by atoms with Gasteiger partial charge in [0, 0.05) is 48.5 Å². The van der Waals surface area contributed by atoms with Gasteiger partial charge >= 0.3 is 0 Å². The van der Waals surface area contributed by atoms with Crippen molar-refractivity contribution in [2.75, 3.05) is 37.7 Å². The number of aliphatic imine (C=N–C) groups is 1. The first-order chi connectivity index (χ1) is 18.9. The minimum absolute atomic E-state index is 0.121. The SMILES string of the molecule is O=S(=O)(NCC1CC1)c1ccc2[nH]c(O)c(C(=Nc3ccc(N4CCOCC4)c(Cl)c3)c3cccnc3)c2c1. The summed E-state index contributed by atoms with van der Waals surface area (Å²) < 4.78 is 34.2. The van der Waals surface area contributed by atoms with Crippen molar-refractivity contribution in [2.24, 2.45) is 10.9 Å². The molecule has 1 saturated heterocycles. The summed E-state index contributed by atoms with van der Waals surface area (Å²) in [5, 5.41) is 12.1. The topological polar surface area (TPSA) is 120 Å². The molecule has 9 nitrogen and oxygen atoms in total. The van der Waals surface area contributed by atoms with Crippen molar-refractivity contribution in [3.63, 3.8) is 0 Å². The third kappa shape index (κ3) is 5.51. The number of aromatic hydroxyl groups is 1. The molecule has 2 aromatic carbocycles. The quantitative estimate of drug-likeness (QED) is 0.268. The maximum atomic E-state index is 13.0. The number of aromatic nitrogens is 2. The number of halogens is 1. The Morgan fingerprint density at radius 2 is 2.00 bits per heavy atom. The molecule has 0 bridgehead atoms. The van der Waals surface area contributed by atoms with Gasteiger partial charge in [-0.25, -0.2) is 18.1 Å². The number of hydrogen-bond donors (Lipinski definition) is 3. The van der Waals surface area contributed by atoms with Crippen LogP contribution in [0.15, 0.2) is 70.8 Å². The number of hydrogen-bond acceptors (Lipinski definition) is 7. The maximum Gasteiger partial charge on any atom is 0.240 e. The maximum absolute atomic E-state index is 13.0. The fourth-order valence-corrected chi connectivity index (χ4v) is 6.16. The third-order valence-corrected chi connectivity index (χ3v) is 8.74. The van der Waals surface area contributed by atoms with E-state index in [1.807, 2.05) is 18.2 Å². The van der Waals surface area contributed by atoms with Gasteiger partial charge in [0.25, 0.3) is 0 Å². The van der Waals surface area contributed by atoms with E-state index in [0.29, 0.717) is 64.1 Å². The Kier molecular flexibility index (Phi) is 7.03. The van der Waals surface area contributed by atoms with Gasteiger partial charge in [0.1, 0.15) is 0 Å². The highest BCUT2D eigenvalue weighted by Crippen LogP contribution is 2.35. The van der Waals surface area contributed by atoms with Crippen molar-refractivity contribution in [3.05, 3.63) is 77.1 Å². The molecule has 2 fully saturated rings. The number of rotatable bonds is 8. The molecule has 3 N–H and O–H groups in total. The molecule has 1 aliphatic heterocycles. The molecule has 0 spiro atoms. The molecule has 0 unspecified atom stereocenters. The van der Waals surface area contributed by atoms with Gasteiger partial charge in [0.15, 0.2) is 5.88 Å². The van der Waals surface area contributed by atoms with Crippen molar-refractivity contribution in [1.29, 1.82) is 0 Å². The van der Waals surface area contributed by atoms with Crippen LogP contribution in [0, 0.1) is 5.92 Å². The highest BCUT2D eigenvalue weighted by molar-refractivity contribution is 7.89. The van der Waals surface area contributed by atoms with Crippen LogP contribution in [0.5, 0.6) is 5.88 Å². The molecule has 202 valence electrons. The second-order valence-corrected chi connectivity index (χ2v) is 12.0. The Labute approximate surface area is 231 Å². The van der Waals surface area contributed by atoms with Crippen LogP contribution in [0.25, 0.3) is 10.9 Å². The summed E-state index contributed by atoms with van der Waals surface area (Å²) in [7, 11) is -3.71. The first-order valence-electron chi connectivity index (χ1n) is 12.8. The van der Waals surface area contributed by atoms with E-state index in [4.69, 9.17) is 21.3 Å². The van der Waals surface area contributed by atoms with E-state index in [2.05, 4.69) is 19.6 Å². The zero-order chi connectivity index (χ0) is 27.0. The monoisotopic (exact) mass is 565 g/mol. The number of nitrogens with one attached hydrogen (secondary N) is 2. The number of H-pyrrole nitrogens is 1. The second kappa shape index (κ2) is 10.6. The molecule has 4 aromatic rings. The van der Waals surface area contributed by atoms with Crippen molar-refractivity contribution in [3.8, 4) is 5.88 Å². The third-order valence-electron chi connectivity index (χ3n) is 7.02. The molecule has 0 amide bonds. The van der Waals surface area contributed by atoms with Gasteiger partial charge < -0.3 is 19.7 Å². The fraction of sp³-hybridized carbons (Fsp3) is 0.286. The smallest absolute Gasteiger partial charge is 0.240 e. The molecule has 1 aliphatic carbocycles. The Bertz CT molecular complexity index is 1650. The summed E-state index contributed by atoms with van der Waals surface area (Å²) in [5.41, 5.74) is 3.54. The number of aromatic amines is 1. The molecule has 0 radical (unpaired) electrons. The van der Waals surface area contributed by atoms with Crippen LogP contribution >= 0.6 is 11.6 Å². The van der Waals surface area contributed by atoms with E-state index in [1.165, 1.54) is 6.07 Å². The number of benzene rings is 2. The van der Waals surface area contributed by atoms with E-state index in [9.17, 15) is 13.5 Å². The number of ether oxygens (including phenoxy) is 1. The number of morpholine rings is 1. The van der Waals surface area contributed by atoms with Gasteiger partial charge in [-0.15, -0.1) is 0 Å². The standard InChI is InChI=1S/C28H28ClN5O4S/c29-23-14-20(5-8-25(23)34-10-12-38-13-11-34)32-27(19-2-1-9-30-17-19)26-22-15-21(6-7-24(22)33-28(26)35)39(36,37)31-16-18-3-4-18/h1-2,5-9,14-15,17-18,31,33,35H,3-4,10-13,16H2. The highest BCUT2D eigenvalue weighted by Gasteiger charge is 2.26. The Morgan fingerprint density at radius 1 is 1.18 bits per heavy atom. The van der Waals surface area contributed by atoms with Gasteiger partial charge in [-0.2, -0.15) is 0 Å². The minimum Gasteiger partial charge on any atom is -0.494 e. The lowest BCUT2D eigenvalue weighted by Gasteiger charge is -2.29. The fourth-order valence-electron chi connectivity index (χ4n) is 4.72. The normalized spacial score (nSPS) is 16.6. The number of pyridine rings is 1. The van der Waals surface area contributed by atoms with Crippen LogP contribution in [0.1, 0.15) is 24.0 Å². The average Bonchev–Trinajstić information content (AvgIpc) is 3.72. The first-order valence-corrected chi connectivity index (χ1v) is 14.7. The largest absolute Gasteiger partial charge is 0.494 e. The highest BCUT2D eigenvalue weighted by atomic mass is 35.5. The molecule has 11 heteroatoms. The van der Waals surface area contributed by atoms with Gasteiger partial charge in [-0.05, 0) is 67.3 Å². The first kappa shape index (κ1) is 25.8. The Morgan fingerprint density at radius 3 is 2.72 bits per heavy atom. The van der Waals surface area contributed by atoms with E-state index >= 15 is 0 Å². The van der Waals surface area contributed by atoms with Gasteiger partial charge in [-0.3, -0.25) is 4.98 Å². The van der Waals surface area contributed by atoms with Crippen LogP contribution in [0.2, 0.25) is 5.02 Å². The number of nitrogens with zero attached hydrogens (tertiary/aromatic N) is 3. The van der Waals surface area contributed by atoms with E-state index in [-0.39, 0.29) is 10.8 Å². The minimum atomic E-state index is -3.71. The Balaban J connectivity index is 1.44. The van der Waals surface area contributed by atoms with Crippen LogP contribution in [-0.2, 0) is 14.8 Å². The summed E-state index contributed by atoms with van der Waals surface area (Å²) in [6, 6.07) is 14.0. The molecule has 6 rings (SSSR count). The van der Waals surface area contributed by atoms with Crippen LogP contribution in [0.3, 0.4) is 0 Å². The van der Waals surface area contributed by atoms with Crippen molar-refractivity contribution >= 4 is 49.6 Å². The van der Waals surface area contributed by atoms with Crippen LogP contribution < -0.4 is 9.62 Å². The number of anilines is 1. The summed E-state index contributed by atoms with van der Waals surface area (Å²) in [4.78, 5) is 14.4. The molecule has 2 aromatic heterocycles. The van der Waals surface area contributed by atoms with Gasteiger partial charge in [0.05, 0.1) is 45.8 Å². The van der Waals surface area contributed by atoms with Crippen molar-refractivity contribution < 1.29 is 18.3 Å². The van der Waals surface area contributed by atoms with E-state index in [0.717, 1.165) is 31.6 Å². The zero-order valence-corrected chi connectivity index (χ0v) is 22.7. The van der Waals surface area contributed by atoms with Crippen molar-refractivity contribution in [2.45, 2.75) is 17.7 Å². The number of sulfonamides is 1. The molecular weight excluding hydrogens is 538 g/mol. The predicted octanol–water partition coefficient (Wildman–Crippen LogP) is 4.62. The molecule has 39 heavy (non-hydrogen) atoms. The summed E-state index contributed by atoms with van der Waals surface area (Å²) in [6.45, 7) is 3.24. The molecule has 2 aliphatic rings. The summed E-state index contributed by atoms with van der Waals surface area (Å²) in [5.74, 6) is 0.283. The van der Waals surface area contributed by atoms with Crippen LogP contribution in [-0.4, -0.2) is 62.1 Å². The predicted molar refractivity (Wildman–Crippen MR) is 152 cm³/mol. The van der Waals surface area contributed by atoms with Crippen LogP contribution in [0.4, 0.5) is 11.4 Å². The number of fused-ring (bicyclic) bond motifs is 1. The van der Waals surface area contributed by atoms with Gasteiger partial charge in [0.2, 0.25) is 10.0 Å². The summed E-state index contributed by atoms with van der Waals surface area (Å²) in [6.07, 6.45) is 5.39. The molecule has 3 heterocycles. The Hall–Kier alpha value is -3.44. The van der Waals surface area contributed by atoms with Crippen molar-refractivity contribution in [1.82, 2.24) is 14.7 Å². The molecule has 1 saturated carbocycles. The van der Waals surface area contributed by atoms with Gasteiger partial charge in [-0.1, -0.05) is 11.6 Å². The molecular formula is C28H28ClN5O4S. The summed E-state index contributed by atoms with van der Waals surface area (Å²) >= 11 is 6.68.